The van der Waals surface area contributed by atoms with Crippen molar-refractivity contribution in [3.63, 3.8) is 0 Å². The van der Waals surface area contributed by atoms with Crippen molar-refractivity contribution >= 4 is 28.9 Å². The third-order valence-corrected chi connectivity index (χ3v) is 4.18. The van der Waals surface area contributed by atoms with Crippen LogP contribution in [0.15, 0.2) is 21.3 Å². The molecule has 0 N–H and O–H groups in total. The van der Waals surface area contributed by atoms with E-state index in [4.69, 9.17) is 16.0 Å². The van der Waals surface area contributed by atoms with Crippen LogP contribution in [0.4, 0.5) is 0 Å². The van der Waals surface area contributed by atoms with Crippen LogP contribution in [0.25, 0.3) is 11.0 Å². The zero-order valence-electron chi connectivity index (χ0n) is 13.8. The highest BCUT2D eigenvalue weighted by molar-refractivity contribution is 6.37. The summed E-state index contributed by atoms with van der Waals surface area (Å²) in [5.74, 6) is 0. The van der Waals surface area contributed by atoms with E-state index in [-0.39, 0.29) is 21.4 Å². The van der Waals surface area contributed by atoms with Crippen molar-refractivity contribution in [1.29, 1.82) is 0 Å². The molecule has 1 heterocycles. The first kappa shape index (κ1) is 16.8. The summed E-state index contributed by atoms with van der Waals surface area (Å²) in [5, 5.41) is 0.776. The monoisotopic (exact) mass is 320 g/mol. The van der Waals surface area contributed by atoms with Crippen molar-refractivity contribution in [3.05, 3.63) is 44.3 Å². The second-order valence-corrected chi connectivity index (χ2v) is 8.01. The Hall–Kier alpha value is -1.61. The topological polar surface area (TPSA) is 47.3 Å². The van der Waals surface area contributed by atoms with Gasteiger partial charge in [-0.3, -0.25) is 4.79 Å². The molecule has 1 aromatic carbocycles. The second kappa shape index (κ2) is 5.24. The lowest BCUT2D eigenvalue weighted by Crippen LogP contribution is -2.18. The Kier molecular flexibility index (Phi) is 3.99. The average molecular weight is 321 g/mol. The molecule has 0 spiro atoms. The molecular weight excluding hydrogens is 300 g/mol. The number of halogens is 1. The van der Waals surface area contributed by atoms with Gasteiger partial charge in [-0.05, 0) is 22.5 Å². The minimum Gasteiger partial charge on any atom is -0.422 e. The predicted molar refractivity (Wildman–Crippen MR) is 90.3 cm³/mol. The quantitative estimate of drug-likeness (QED) is 0.557. The van der Waals surface area contributed by atoms with E-state index < -0.39 is 5.63 Å². The van der Waals surface area contributed by atoms with Crippen LogP contribution in [0.1, 0.15) is 63.0 Å². The molecule has 0 saturated carbocycles. The van der Waals surface area contributed by atoms with Crippen LogP contribution in [0.2, 0.25) is 5.02 Å². The number of aldehydes is 1. The van der Waals surface area contributed by atoms with Crippen LogP contribution >= 0.6 is 11.6 Å². The first-order chi connectivity index (χ1) is 9.96. The van der Waals surface area contributed by atoms with Gasteiger partial charge in [0.25, 0.3) is 0 Å². The summed E-state index contributed by atoms with van der Waals surface area (Å²) in [6.07, 6.45) is 0.453. The van der Waals surface area contributed by atoms with Crippen molar-refractivity contribution < 1.29 is 9.21 Å². The summed E-state index contributed by atoms with van der Waals surface area (Å²) in [7, 11) is 0. The zero-order valence-corrected chi connectivity index (χ0v) is 14.6. The first-order valence-electron chi connectivity index (χ1n) is 7.23. The highest BCUT2D eigenvalue weighted by Gasteiger charge is 2.26. The fraction of sp³-hybridized carbons (Fsp3) is 0.444. The molecule has 2 rings (SSSR count). The van der Waals surface area contributed by atoms with Gasteiger partial charge in [0, 0.05) is 10.9 Å². The number of hydrogen-bond acceptors (Lipinski definition) is 3. The molecule has 2 aromatic rings. The Labute approximate surface area is 135 Å². The molecule has 0 radical (unpaired) electrons. The standard InChI is InChI=1S/C18H21ClO3/c1-17(2,3)10-7-11-14(19)12(9-20)16(21)22-15(11)13(8-10)18(4,5)6/h7-9H,1-6H3. The first-order valence-corrected chi connectivity index (χ1v) is 7.61. The number of rotatable bonds is 1. The molecule has 0 saturated heterocycles. The molecule has 0 aliphatic heterocycles. The summed E-state index contributed by atoms with van der Waals surface area (Å²) < 4.78 is 5.42. The van der Waals surface area contributed by atoms with E-state index >= 15 is 0 Å². The maximum absolute atomic E-state index is 12.0. The molecule has 22 heavy (non-hydrogen) atoms. The van der Waals surface area contributed by atoms with Gasteiger partial charge in [-0.1, -0.05) is 59.2 Å². The Bertz CT molecular complexity index is 802. The third-order valence-electron chi connectivity index (χ3n) is 3.77. The molecule has 0 atom stereocenters. The lowest BCUT2D eigenvalue weighted by Gasteiger charge is -2.26. The normalized spacial score (nSPS) is 12.7. The molecule has 0 unspecified atom stereocenters. The van der Waals surface area contributed by atoms with E-state index in [1.807, 2.05) is 6.07 Å². The average Bonchev–Trinajstić information content (AvgIpc) is 2.35. The van der Waals surface area contributed by atoms with Gasteiger partial charge >= 0.3 is 5.63 Å². The Balaban J connectivity index is 3.05. The number of benzene rings is 1. The fourth-order valence-electron chi connectivity index (χ4n) is 2.37. The van der Waals surface area contributed by atoms with Gasteiger partial charge in [-0.25, -0.2) is 4.79 Å². The van der Waals surface area contributed by atoms with E-state index in [9.17, 15) is 9.59 Å². The Morgan fingerprint density at radius 1 is 1.05 bits per heavy atom. The van der Waals surface area contributed by atoms with E-state index in [0.717, 1.165) is 11.1 Å². The van der Waals surface area contributed by atoms with E-state index in [1.54, 1.807) is 0 Å². The van der Waals surface area contributed by atoms with E-state index in [1.165, 1.54) is 0 Å². The van der Waals surface area contributed by atoms with Crippen molar-refractivity contribution in [2.45, 2.75) is 52.4 Å². The fourth-order valence-corrected chi connectivity index (χ4v) is 2.64. The summed E-state index contributed by atoms with van der Waals surface area (Å²) in [6.45, 7) is 12.5. The number of hydrogen-bond donors (Lipinski definition) is 0. The molecule has 0 aliphatic rings. The number of carbonyl (C=O) groups excluding carboxylic acids is 1. The lowest BCUT2D eigenvalue weighted by molar-refractivity contribution is 0.112. The lowest BCUT2D eigenvalue weighted by atomic mass is 9.79. The maximum atomic E-state index is 12.0. The van der Waals surface area contributed by atoms with Crippen molar-refractivity contribution in [2.75, 3.05) is 0 Å². The summed E-state index contributed by atoms with van der Waals surface area (Å²) >= 11 is 6.30. The van der Waals surface area contributed by atoms with Gasteiger partial charge in [-0.2, -0.15) is 0 Å². The Morgan fingerprint density at radius 2 is 1.64 bits per heavy atom. The van der Waals surface area contributed by atoms with Crippen molar-refractivity contribution in [3.8, 4) is 0 Å². The molecule has 0 amide bonds. The van der Waals surface area contributed by atoms with Crippen LogP contribution in [0, 0.1) is 0 Å². The molecule has 0 bridgehead atoms. The minimum atomic E-state index is -0.693. The highest BCUT2D eigenvalue weighted by atomic mass is 35.5. The molecular formula is C18H21ClO3. The highest BCUT2D eigenvalue weighted by Crippen LogP contribution is 2.37. The smallest absolute Gasteiger partial charge is 0.348 e. The van der Waals surface area contributed by atoms with E-state index in [0.29, 0.717) is 17.3 Å². The summed E-state index contributed by atoms with van der Waals surface area (Å²) in [5.41, 5.74) is 1.32. The van der Waals surface area contributed by atoms with Gasteiger partial charge in [0.15, 0.2) is 6.29 Å². The van der Waals surface area contributed by atoms with Gasteiger partial charge in [0.05, 0.1) is 5.02 Å². The van der Waals surface area contributed by atoms with Crippen LogP contribution < -0.4 is 5.63 Å². The molecule has 0 fully saturated rings. The van der Waals surface area contributed by atoms with Gasteiger partial charge in [-0.15, -0.1) is 0 Å². The third kappa shape index (κ3) is 2.82. The van der Waals surface area contributed by atoms with Crippen LogP contribution in [0.3, 0.4) is 0 Å². The predicted octanol–water partition coefficient (Wildman–Crippen LogP) is 4.85. The van der Waals surface area contributed by atoms with Gasteiger partial charge < -0.3 is 4.42 Å². The zero-order chi connectivity index (χ0) is 16.9. The van der Waals surface area contributed by atoms with Crippen LogP contribution in [-0.2, 0) is 10.8 Å². The molecule has 3 nitrogen and oxygen atoms in total. The molecule has 118 valence electrons. The second-order valence-electron chi connectivity index (χ2n) is 7.64. The van der Waals surface area contributed by atoms with Gasteiger partial charge in [0.1, 0.15) is 11.1 Å². The molecule has 0 aliphatic carbocycles. The minimum absolute atomic E-state index is 0.0883. The van der Waals surface area contributed by atoms with Crippen molar-refractivity contribution in [2.24, 2.45) is 0 Å². The number of fused-ring (bicyclic) bond motifs is 1. The summed E-state index contributed by atoms with van der Waals surface area (Å²) in [4.78, 5) is 23.1. The number of carbonyl (C=O) groups is 1. The SMILES string of the molecule is CC(C)(C)c1cc(C(C)(C)C)c2oc(=O)c(C=O)c(Cl)c2c1. The maximum Gasteiger partial charge on any atom is 0.348 e. The summed E-state index contributed by atoms with van der Waals surface area (Å²) in [6, 6.07) is 3.96. The van der Waals surface area contributed by atoms with E-state index in [2.05, 4.69) is 47.6 Å². The van der Waals surface area contributed by atoms with Crippen LogP contribution in [-0.4, -0.2) is 6.29 Å². The van der Waals surface area contributed by atoms with Crippen LogP contribution in [0.5, 0.6) is 0 Å². The largest absolute Gasteiger partial charge is 0.422 e. The molecule has 4 heteroatoms. The van der Waals surface area contributed by atoms with Crippen molar-refractivity contribution in [1.82, 2.24) is 0 Å². The Morgan fingerprint density at radius 3 is 2.09 bits per heavy atom. The van der Waals surface area contributed by atoms with Gasteiger partial charge in [0.2, 0.25) is 0 Å². The molecule has 1 aromatic heterocycles.